The van der Waals surface area contributed by atoms with Gasteiger partial charge in [0.1, 0.15) is 0 Å². The number of hydrogen-bond acceptors (Lipinski definition) is 4. The number of nitrogens with zero attached hydrogens (tertiary/aromatic N) is 1. The fourth-order valence-corrected chi connectivity index (χ4v) is 5.60. The Balaban J connectivity index is 1.85. The van der Waals surface area contributed by atoms with Crippen molar-refractivity contribution in [1.82, 2.24) is 10.2 Å². The van der Waals surface area contributed by atoms with Crippen molar-refractivity contribution in [3.05, 3.63) is 0 Å². The van der Waals surface area contributed by atoms with E-state index in [0.29, 0.717) is 6.42 Å². The van der Waals surface area contributed by atoms with Crippen LogP contribution in [0.1, 0.15) is 45.4 Å². The summed E-state index contributed by atoms with van der Waals surface area (Å²) in [4.78, 5) is 14.6. The van der Waals surface area contributed by atoms with Gasteiger partial charge < -0.3 is 4.90 Å². The van der Waals surface area contributed by atoms with E-state index >= 15 is 0 Å². The van der Waals surface area contributed by atoms with Gasteiger partial charge in [-0.25, -0.2) is 8.42 Å². The van der Waals surface area contributed by atoms with Crippen molar-refractivity contribution in [2.24, 2.45) is 0 Å². The molecule has 0 radical (unpaired) electrons. The normalized spacial score (nSPS) is 36.5. The molecule has 19 heavy (non-hydrogen) atoms. The summed E-state index contributed by atoms with van der Waals surface area (Å²) in [7, 11) is -2.94. The van der Waals surface area contributed by atoms with Crippen molar-refractivity contribution >= 4 is 15.7 Å². The zero-order valence-corrected chi connectivity index (χ0v) is 12.2. The van der Waals surface area contributed by atoms with Crippen LogP contribution in [0.15, 0.2) is 0 Å². The van der Waals surface area contributed by atoms with Gasteiger partial charge >= 0.3 is 0 Å². The van der Waals surface area contributed by atoms with Gasteiger partial charge in [-0.1, -0.05) is 19.8 Å². The number of rotatable bonds is 2. The SMILES string of the molecule is CCC1NC2(CCCC2)C(=O)N1C1CCS(=O)(=O)C1. The monoisotopic (exact) mass is 286 g/mol. The molecule has 2 saturated heterocycles. The van der Waals surface area contributed by atoms with Crippen molar-refractivity contribution in [3.63, 3.8) is 0 Å². The quantitative estimate of drug-likeness (QED) is 0.809. The van der Waals surface area contributed by atoms with Crippen molar-refractivity contribution in [1.29, 1.82) is 0 Å². The van der Waals surface area contributed by atoms with E-state index in [-0.39, 0.29) is 35.2 Å². The first kappa shape index (κ1) is 13.4. The smallest absolute Gasteiger partial charge is 0.244 e. The van der Waals surface area contributed by atoms with Crippen LogP contribution in [0.4, 0.5) is 0 Å². The van der Waals surface area contributed by atoms with Gasteiger partial charge in [-0.3, -0.25) is 10.1 Å². The third-order valence-corrected chi connectivity index (χ3v) is 6.62. The molecule has 3 rings (SSSR count). The van der Waals surface area contributed by atoms with Gasteiger partial charge in [-0.2, -0.15) is 0 Å². The van der Waals surface area contributed by atoms with Crippen LogP contribution in [-0.2, 0) is 14.6 Å². The predicted molar refractivity (Wildman–Crippen MR) is 72.3 cm³/mol. The highest BCUT2D eigenvalue weighted by Crippen LogP contribution is 2.39. The molecule has 5 nitrogen and oxygen atoms in total. The van der Waals surface area contributed by atoms with Gasteiger partial charge in [0, 0.05) is 6.04 Å². The minimum absolute atomic E-state index is 0.0175. The van der Waals surface area contributed by atoms with Gasteiger partial charge in [-0.05, 0) is 25.7 Å². The summed E-state index contributed by atoms with van der Waals surface area (Å²) in [6, 6.07) is -0.116. The molecule has 1 N–H and O–H groups in total. The molecule has 0 aromatic heterocycles. The lowest BCUT2D eigenvalue weighted by Gasteiger charge is -2.28. The molecule has 3 fully saturated rings. The first-order valence-corrected chi connectivity index (χ1v) is 9.10. The lowest BCUT2D eigenvalue weighted by Crippen LogP contribution is -2.46. The van der Waals surface area contributed by atoms with E-state index in [1.807, 2.05) is 4.90 Å². The molecule has 1 aliphatic carbocycles. The van der Waals surface area contributed by atoms with E-state index in [1.165, 1.54) is 0 Å². The van der Waals surface area contributed by atoms with Crippen LogP contribution in [0.5, 0.6) is 0 Å². The van der Waals surface area contributed by atoms with Crippen LogP contribution in [0.3, 0.4) is 0 Å². The van der Waals surface area contributed by atoms with E-state index in [4.69, 9.17) is 0 Å². The molecule has 108 valence electrons. The van der Waals surface area contributed by atoms with Gasteiger partial charge in [0.25, 0.3) is 0 Å². The fourth-order valence-electron chi connectivity index (χ4n) is 3.89. The molecule has 2 atom stereocenters. The second-order valence-corrected chi connectivity index (χ2v) is 8.36. The van der Waals surface area contributed by atoms with Crippen LogP contribution >= 0.6 is 0 Å². The highest BCUT2D eigenvalue weighted by molar-refractivity contribution is 7.91. The Morgan fingerprint density at radius 3 is 2.58 bits per heavy atom. The highest BCUT2D eigenvalue weighted by atomic mass is 32.2. The number of nitrogens with one attached hydrogen (secondary N) is 1. The average molecular weight is 286 g/mol. The minimum Gasteiger partial charge on any atom is -0.322 e. The van der Waals surface area contributed by atoms with E-state index < -0.39 is 9.84 Å². The second kappa shape index (κ2) is 4.45. The first-order valence-electron chi connectivity index (χ1n) is 7.28. The van der Waals surface area contributed by atoms with E-state index in [0.717, 1.165) is 32.1 Å². The summed E-state index contributed by atoms with van der Waals surface area (Å²) in [6.07, 6.45) is 5.44. The fraction of sp³-hybridized carbons (Fsp3) is 0.923. The number of hydrogen-bond donors (Lipinski definition) is 1. The third-order valence-electron chi connectivity index (χ3n) is 4.87. The maximum Gasteiger partial charge on any atom is 0.244 e. The van der Waals surface area contributed by atoms with Gasteiger partial charge in [0.2, 0.25) is 5.91 Å². The van der Waals surface area contributed by atoms with Crippen LogP contribution in [0.25, 0.3) is 0 Å². The summed E-state index contributed by atoms with van der Waals surface area (Å²) in [5.74, 6) is 0.525. The first-order chi connectivity index (χ1) is 8.97. The van der Waals surface area contributed by atoms with Crippen LogP contribution in [0, 0.1) is 0 Å². The standard InChI is InChI=1S/C13H22N2O3S/c1-2-11-14-13(6-3-4-7-13)12(16)15(11)10-5-8-19(17,18)9-10/h10-11,14H,2-9H2,1H3. The summed E-state index contributed by atoms with van der Waals surface area (Å²) in [5, 5.41) is 3.50. The molecule has 1 saturated carbocycles. The van der Waals surface area contributed by atoms with Crippen molar-refractivity contribution < 1.29 is 13.2 Å². The zero-order valence-electron chi connectivity index (χ0n) is 11.4. The zero-order chi connectivity index (χ0) is 13.7. The van der Waals surface area contributed by atoms with Crippen LogP contribution in [-0.4, -0.2) is 48.5 Å². The maximum atomic E-state index is 12.8. The van der Waals surface area contributed by atoms with Crippen molar-refractivity contribution in [2.45, 2.75) is 63.2 Å². The third kappa shape index (κ3) is 2.09. The molecule has 2 aliphatic heterocycles. The van der Waals surface area contributed by atoms with E-state index in [9.17, 15) is 13.2 Å². The molecule has 1 amide bonds. The molecule has 6 heteroatoms. The summed E-state index contributed by atoms with van der Waals surface area (Å²) in [6.45, 7) is 2.05. The van der Waals surface area contributed by atoms with Gasteiger partial charge in [-0.15, -0.1) is 0 Å². The number of amides is 1. The van der Waals surface area contributed by atoms with Crippen molar-refractivity contribution in [2.75, 3.05) is 11.5 Å². The summed E-state index contributed by atoms with van der Waals surface area (Å²) >= 11 is 0. The van der Waals surface area contributed by atoms with Gasteiger partial charge in [0.15, 0.2) is 9.84 Å². The Bertz CT molecular complexity index is 482. The van der Waals surface area contributed by atoms with Gasteiger partial charge in [0.05, 0.1) is 23.2 Å². The van der Waals surface area contributed by atoms with Crippen LogP contribution in [0.2, 0.25) is 0 Å². The van der Waals surface area contributed by atoms with Crippen LogP contribution < -0.4 is 5.32 Å². The largest absolute Gasteiger partial charge is 0.322 e. The Labute approximate surface area is 114 Å². The molecular weight excluding hydrogens is 264 g/mol. The number of carbonyl (C=O) groups excluding carboxylic acids is 1. The Morgan fingerprint density at radius 2 is 2.05 bits per heavy atom. The number of carbonyl (C=O) groups is 1. The molecule has 1 spiro atoms. The molecule has 0 aromatic carbocycles. The van der Waals surface area contributed by atoms with Crippen molar-refractivity contribution in [3.8, 4) is 0 Å². The Hall–Kier alpha value is -0.620. The second-order valence-electron chi connectivity index (χ2n) is 6.13. The molecule has 0 aromatic rings. The van der Waals surface area contributed by atoms with E-state index in [2.05, 4.69) is 12.2 Å². The molecule has 3 aliphatic rings. The maximum absolute atomic E-state index is 12.8. The van der Waals surface area contributed by atoms with E-state index in [1.54, 1.807) is 0 Å². The molecular formula is C13H22N2O3S. The highest BCUT2D eigenvalue weighted by Gasteiger charge is 2.54. The summed E-state index contributed by atoms with van der Waals surface area (Å²) in [5.41, 5.74) is -0.382. The Kier molecular flexibility index (Phi) is 3.13. The average Bonchev–Trinajstić information content (AvgIpc) is 3.02. The minimum atomic E-state index is -2.94. The number of sulfone groups is 1. The molecule has 2 heterocycles. The lowest BCUT2D eigenvalue weighted by molar-refractivity contribution is -0.134. The lowest BCUT2D eigenvalue weighted by atomic mass is 9.97. The Morgan fingerprint density at radius 1 is 1.37 bits per heavy atom. The predicted octanol–water partition coefficient (Wildman–Crippen LogP) is 0.654. The summed E-state index contributed by atoms with van der Waals surface area (Å²) < 4.78 is 23.3. The molecule has 2 unspecified atom stereocenters. The topological polar surface area (TPSA) is 66.5 Å². The molecule has 0 bridgehead atoms.